The normalized spacial score (nSPS) is 18.6. The quantitative estimate of drug-likeness (QED) is 0.549. The van der Waals surface area contributed by atoms with Gasteiger partial charge in [0.05, 0.1) is 11.5 Å². The second-order valence-electron chi connectivity index (χ2n) is 6.91. The predicted octanol–water partition coefficient (Wildman–Crippen LogP) is 2.16. The van der Waals surface area contributed by atoms with Gasteiger partial charge in [-0.1, -0.05) is 42.5 Å². The maximum Gasteiger partial charge on any atom is 0.191 e. The fraction of sp³-hybridized carbons (Fsp3) is 0.381. The molecule has 28 heavy (non-hydrogen) atoms. The molecule has 0 aromatic heterocycles. The highest BCUT2D eigenvalue weighted by Gasteiger charge is 2.28. The van der Waals surface area contributed by atoms with E-state index in [2.05, 4.69) is 27.8 Å². The van der Waals surface area contributed by atoms with Gasteiger partial charge < -0.3 is 15.4 Å². The molecule has 1 atom stereocenters. The molecule has 0 saturated carbocycles. The Hall–Kier alpha value is -2.54. The monoisotopic (exact) mass is 401 g/mol. The molecule has 0 bridgehead atoms. The molecule has 0 radical (unpaired) electrons. The fourth-order valence-corrected chi connectivity index (χ4v) is 4.79. The number of guanidine groups is 1. The summed E-state index contributed by atoms with van der Waals surface area (Å²) in [6.45, 7) is 1.27. The van der Waals surface area contributed by atoms with Crippen LogP contribution in [0.25, 0.3) is 0 Å². The van der Waals surface area contributed by atoms with Crippen molar-refractivity contribution in [2.45, 2.75) is 25.5 Å². The Balaban J connectivity index is 1.40. The maximum atomic E-state index is 11.6. The molecule has 6 nitrogen and oxygen atoms in total. The fourth-order valence-electron chi connectivity index (χ4n) is 3.12. The molecule has 0 aliphatic carbocycles. The van der Waals surface area contributed by atoms with Crippen LogP contribution >= 0.6 is 0 Å². The minimum Gasteiger partial charge on any atom is -0.489 e. The van der Waals surface area contributed by atoms with Crippen LogP contribution in [0.2, 0.25) is 0 Å². The lowest BCUT2D eigenvalue weighted by Crippen LogP contribution is -2.44. The van der Waals surface area contributed by atoms with Crippen LogP contribution in [0.5, 0.6) is 5.75 Å². The number of rotatable bonds is 7. The molecule has 2 aromatic carbocycles. The van der Waals surface area contributed by atoms with Crippen LogP contribution in [0.15, 0.2) is 59.6 Å². The standard InChI is InChI=1S/C21H27N3O3S/c1-22-21(24-19-12-14-28(25,26)16-19)23-13-11-17-7-9-20(10-8-17)27-15-18-5-3-2-4-6-18/h2-10,19H,11-16H2,1H3,(H2,22,23,24). The van der Waals surface area contributed by atoms with Crippen LogP contribution in [0.3, 0.4) is 0 Å². The molecule has 1 heterocycles. The van der Waals surface area contributed by atoms with Gasteiger partial charge >= 0.3 is 0 Å². The van der Waals surface area contributed by atoms with E-state index in [-0.39, 0.29) is 17.5 Å². The van der Waals surface area contributed by atoms with Gasteiger partial charge in [-0.2, -0.15) is 0 Å². The first kappa shape index (κ1) is 20.2. The Bertz CT molecular complexity index is 881. The molecule has 150 valence electrons. The molecule has 1 unspecified atom stereocenters. The van der Waals surface area contributed by atoms with Crippen molar-refractivity contribution in [1.29, 1.82) is 0 Å². The van der Waals surface area contributed by atoms with E-state index in [0.29, 0.717) is 25.5 Å². The van der Waals surface area contributed by atoms with Crippen molar-refractivity contribution in [3.63, 3.8) is 0 Å². The minimum atomic E-state index is -2.90. The van der Waals surface area contributed by atoms with Gasteiger partial charge in [0.1, 0.15) is 12.4 Å². The largest absolute Gasteiger partial charge is 0.489 e. The molecule has 1 fully saturated rings. The highest BCUT2D eigenvalue weighted by molar-refractivity contribution is 7.91. The summed E-state index contributed by atoms with van der Waals surface area (Å²) >= 11 is 0. The molecule has 1 aliphatic rings. The Labute approximate surface area is 167 Å². The van der Waals surface area contributed by atoms with E-state index in [9.17, 15) is 8.42 Å². The lowest BCUT2D eigenvalue weighted by atomic mass is 10.1. The lowest BCUT2D eigenvalue weighted by molar-refractivity contribution is 0.306. The average molecular weight is 402 g/mol. The van der Waals surface area contributed by atoms with Gasteiger partial charge in [0.2, 0.25) is 0 Å². The van der Waals surface area contributed by atoms with Gasteiger partial charge in [-0.15, -0.1) is 0 Å². The number of benzene rings is 2. The molecule has 7 heteroatoms. The summed E-state index contributed by atoms with van der Waals surface area (Å²) in [5, 5.41) is 6.43. The molecule has 0 spiro atoms. The zero-order valence-electron chi connectivity index (χ0n) is 16.1. The van der Waals surface area contributed by atoms with E-state index in [1.807, 2.05) is 42.5 Å². The Kier molecular flexibility index (Phi) is 6.92. The highest BCUT2D eigenvalue weighted by Crippen LogP contribution is 2.14. The van der Waals surface area contributed by atoms with E-state index < -0.39 is 9.84 Å². The molecule has 1 saturated heterocycles. The number of aliphatic imine (C=N–C) groups is 1. The molecule has 1 aliphatic heterocycles. The van der Waals surface area contributed by atoms with Crippen LogP contribution in [0, 0.1) is 0 Å². The van der Waals surface area contributed by atoms with Gasteiger partial charge in [-0.3, -0.25) is 4.99 Å². The summed E-state index contributed by atoms with van der Waals surface area (Å²) in [6.07, 6.45) is 1.47. The first-order valence-corrected chi connectivity index (χ1v) is 11.3. The number of nitrogens with one attached hydrogen (secondary N) is 2. The summed E-state index contributed by atoms with van der Waals surface area (Å²) in [7, 11) is -1.20. The second kappa shape index (κ2) is 9.59. The Morgan fingerprint density at radius 1 is 1.11 bits per heavy atom. The van der Waals surface area contributed by atoms with Gasteiger partial charge in [0.15, 0.2) is 15.8 Å². The van der Waals surface area contributed by atoms with E-state index in [1.54, 1.807) is 7.05 Å². The second-order valence-corrected chi connectivity index (χ2v) is 9.14. The highest BCUT2D eigenvalue weighted by atomic mass is 32.2. The van der Waals surface area contributed by atoms with Crippen molar-refractivity contribution < 1.29 is 13.2 Å². The van der Waals surface area contributed by atoms with Gasteiger partial charge in [0.25, 0.3) is 0 Å². The summed E-state index contributed by atoms with van der Waals surface area (Å²) in [4.78, 5) is 4.18. The van der Waals surface area contributed by atoms with Gasteiger partial charge in [0, 0.05) is 19.6 Å². The first-order chi connectivity index (χ1) is 13.5. The third kappa shape index (κ3) is 6.27. The molecule has 3 rings (SSSR count). The topological polar surface area (TPSA) is 79.8 Å². The van der Waals surface area contributed by atoms with E-state index in [4.69, 9.17) is 4.74 Å². The zero-order chi connectivity index (χ0) is 19.8. The zero-order valence-corrected chi connectivity index (χ0v) is 16.9. The SMILES string of the molecule is CN=C(NCCc1ccc(OCc2ccccc2)cc1)NC1CCS(=O)(=O)C1. The van der Waals surface area contributed by atoms with Gasteiger partial charge in [-0.25, -0.2) is 8.42 Å². The van der Waals surface area contributed by atoms with Crippen molar-refractivity contribution in [3.8, 4) is 5.75 Å². The van der Waals surface area contributed by atoms with Crippen molar-refractivity contribution >= 4 is 15.8 Å². The molecule has 0 amide bonds. The van der Waals surface area contributed by atoms with Crippen LogP contribution in [0.1, 0.15) is 17.5 Å². The van der Waals surface area contributed by atoms with E-state index in [0.717, 1.165) is 17.7 Å². The summed E-state index contributed by atoms with van der Waals surface area (Å²) in [6, 6.07) is 18.1. The molecular formula is C21H27N3O3S. The number of hydrogen-bond acceptors (Lipinski definition) is 4. The number of sulfone groups is 1. The van der Waals surface area contributed by atoms with Crippen LogP contribution in [-0.2, 0) is 22.9 Å². The van der Waals surface area contributed by atoms with Crippen LogP contribution in [0.4, 0.5) is 0 Å². The molecule has 2 N–H and O–H groups in total. The maximum absolute atomic E-state index is 11.6. The molecule has 2 aromatic rings. The summed E-state index contributed by atoms with van der Waals surface area (Å²) in [5.41, 5.74) is 2.34. The van der Waals surface area contributed by atoms with Crippen molar-refractivity contribution in [2.75, 3.05) is 25.1 Å². The predicted molar refractivity (Wildman–Crippen MR) is 112 cm³/mol. The summed E-state index contributed by atoms with van der Waals surface area (Å²) in [5.74, 6) is 1.92. The Morgan fingerprint density at radius 2 is 1.86 bits per heavy atom. The van der Waals surface area contributed by atoms with Crippen molar-refractivity contribution in [1.82, 2.24) is 10.6 Å². The summed E-state index contributed by atoms with van der Waals surface area (Å²) < 4.78 is 28.9. The van der Waals surface area contributed by atoms with E-state index >= 15 is 0 Å². The van der Waals surface area contributed by atoms with Crippen molar-refractivity contribution in [3.05, 3.63) is 65.7 Å². The average Bonchev–Trinajstić information content (AvgIpc) is 3.05. The number of ether oxygens (including phenoxy) is 1. The van der Waals surface area contributed by atoms with Crippen molar-refractivity contribution in [2.24, 2.45) is 4.99 Å². The van der Waals surface area contributed by atoms with Crippen LogP contribution < -0.4 is 15.4 Å². The third-order valence-electron chi connectivity index (χ3n) is 4.67. The van der Waals surface area contributed by atoms with E-state index in [1.165, 1.54) is 5.56 Å². The molecular weight excluding hydrogens is 374 g/mol. The smallest absolute Gasteiger partial charge is 0.191 e. The first-order valence-electron chi connectivity index (χ1n) is 9.47. The van der Waals surface area contributed by atoms with Crippen LogP contribution in [-0.4, -0.2) is 45.5 Å². The van der Waals surface area contributed by atoms with Gasteiger partial charge in [-0.05, 0) is 36.1 Å². The number of nitrogens with zero attached hydrogens (tertiary/aromatic N) is 1. The minimum absolute atomic E-state index is 0.0581. The number of hydrogen-bond donors (Lipinski definition) is 2. The Morgan fingerprint density at radius 3 is 2.50 bits per heavy atom. The third-order valence-corrected chi connectivity index (χ3v) is 6.44. The lowest BCUT2D eigenvalue weighted by Gasteiger charge is -2.16.